The molecule has 2 bridgehead atoms. The highest BCUT2D eigenvalue weighted by Gasteiger charge is 2.62. The molecule has 5 heteroatoms. The maximum absolute atomic E-state index is 12.3. The normalized spacial score (nSPS) is 37.0. The van der Waals surface area contributed by atoms with E-state index in [0.717, 1.165) is 25.8 Å². The van der Waals surface area contributed by atoms with Crippen molar-refractivity contribution in [2.45, 2.75) is 63.6 Å². The van der Waals surface area contributed by atoms with E-state index in [1.165, 1.54) is 0 Å². The SMILES string of the molecule is CC(C)(C)OC(=O)N1C[C@H]2CC[C@@H]1[C@]21CCC(=O)N1. The molecule has 0 aromatic heterocycles. The van der Waals surface area contributed by atoms with Crippen molar-refractivity contribution in [2.24, 2.45) is 5.92 Å². The average Bonchev–Trinajstić information content (AvgIpc) is 2.92. The third kappa shape index (κ3) is 1.90. The van der Waals surface area contributed by atoms with E-state index in [0.29, 0.717) is 12.3 Å². The first kappa shape index (κ1) is 12.8. The van der Waals surface area contributed by atoms with Crippen LogP contribution in [0.5, 0.6) is 0 Å². The first-order valence-electron chi connectivity index (χ1n) is 7.12. The zero-order valence-electron chi connectivity index (χ0n) is 11.9. The van der Waals surface area contributed by atoms with Crippen LogP contribution >= 0.6 is 0 Å². The number of likely N-dealkylation sites (tertiary alicyclic amines) is 1. The van der Waals surface area contributed by atoms with E-state index in [1.807, 2.05) is 25.7 Å². The largest absolute Gasteiger partial charge is 0.444 e. The van der Waals surface area contributed by atoms with E-state index in [2.05, 4.69) is 5.32 Å². The van der Waals surface area contributed by atoms with Crippen LogP contribution in [0.1, 0.15) is 46.5 Å². The van der Waals surface area contributed by atoms with Crippen LogP contribution < -0.4 is 5.32 Å². The predicted molar refractivity (Wildman–Crippen MR) is 69.6 cm³/mol. The van der Waals surface area contributed by atoms with Crippen LogP contribution in [0.25, 0.3) is 0 Å². The van der Waals surface area contributed by atoms with Crippen LogP contribution in [0, 0.1) is 5.92 Å². The molecule has 0 radical (unpaired) electrons. The van der Waals surface area contributed by atoms with Gasteiger partial charge in [-0.3, -0.25) is 4.79 Å². The van der Waals surface area contributed by atoms with Crippen molar-refractivity contribution in [2.75, 3.05) is 6.54 Å². The van der Waals surface area contributed by atoms with Crippen LogP contribution in [-0.4, -0.2) is 40.6 Å². The van der Waals surface area contributed by atoms with Crippen molar-refractivity contribution < 1.29 is 14.3 Å². The van der Waals surface area contributed by atoms with Crippen LogP contribution in [0.4, 0.5) is 4.79 Å². The van der Waals surface area contributed by atoms with Crippen molar-refractivity contribution in [3.63, 3.8) is 0 Å². The summed E-state index contributed by atoms with van der Waals surface area (Å²) in [5, 5.41) is 3.15. The number of rotatable bonds is 0. The van der Waals surface area contributed by atoms with Crippen molar-refractivity contribution in [3.8, 4) is 0 Å². The molecule has 3 atom stereocenters. The van der Waals surface area contributed by atoms with Gasteiger partial charge in [-0.05, 0) is 40.0 Å². The molecule has 3 rings (SSSR count). The first-order chi connectivity index (χ1) is 8.82. The third-order valence-electron chi connectivity index (χ3n) is 4.67. The molecule has 2 amide bonds. The van der Waals surface area contributed by atoms with Gasteiger partial charge < -0.3 is 15.0 Å². The summed E-state index contributed by atoms with van der Waals surface area (Å²) in [6, 6.07) is 0.124. The maximum Gasteiger partial charge on any atom is 0.410 e. The number of nitrogens with one attached hydrogen (secondary N) is 1. The number of amides is 2. The summed E-state index contributed by atoms with van der Waals surface area (Å²) < 4.78 is 5.48. The minimum absolute atomic E-state index is 0.124. The molecule has 1 spiro atoms. The molecule has 2 saturated heterocycles. The first-order valence-corrected chi connectivity index (χ1v) is 7.12. The summed E-state index contributed by atoms with van der Waals surface area (Å²) in [5.74, 6) is 0.527. The van der Waals surface area contributed by atoms with Crippen molar-refractivity contribution >= 4 is 12.0 Å². The molecule has 5 nitrogen and oxygen atoms in total. The molecule has 2 heterocycles. The summed E-state index contributed by atoms with van der Waals surface area (Å²) in [7, 11) is 0. The second-order valence-electron chi connectivity index (χ2n) is 7.01. The lowest BCUT2D eigenvalue weighted by atomic mass is 9.87. The fourth-order valence-corrected chi connectivity index (χ4v) is 3.98. The smallest absolute Gasteiger partial charge is 0.410 e. The Bertz CT molecular complexity index is 429. The Balaban J connectivity index is 1.78. The molecular weight excluding hydrogens is 244 g/mol. The molecule has 0 unspecified atom stereocenters. The van der Waals surface area contributed by atoms with Gasteiger partial charge in [0, 0.05) is 18.9 Å². The van der Waals surface area contributed by atoms with E-state index in [1.54, 1.807) is 0 Å². The number of hydrogen-bond acceptors (Lipinski definition) is 3. The summed E-state index contributed by atoms with van der Waals surface area (Å²) in [5.41, 5.74) is -0.626. The fourth-order valence-electron chi connectivity index (χ4n) is 3.98. The van der Waals surface area contributed by atoms with E-state index >= 15 is 0 Å². The van der Waals surface area contributed by atoms with Gasteiger partial charge in [0.2, 0.25) is 5.91 Å². The summed E-state index contributed by atoms with van der Waals surface area (Å²) in [4.78, 5) is 25.7. The van der Waals surface area contributed by atoms with Crippen LogP contribution in [0.2, 0.25) is 0 Å². The van der Waals surface area contributed by atoms with E-state index in [-0.39, 0.29) is 23.6 Å². The third-order valence-corrected chi connectivity index (χ3v) is 4.67. The summed E-state index contributed by atoms with van der Waals surface area (Å²) in [6.45, 7) is 6.37. The summed E-state index contributed by atoms with van der Waals surface area (Å²) >= 11 is 0. The number of piperidine rings is 1. The van der Waals surface area contributed by atoms with Gasteiger partial charge in [-0.15, -0.1) is 0 Å². The number of hydrogen-bond donors (Lipinski definition) is 1. The van der Waals surface area contributed by atoms with E-state index < -0.39 is 5.60 Å². The Labute approximate surface area is 113 Å². The minimum atomic E-state index is -0.467. The molecule has 19 heavy (non-hydrogen) atoms. The lowest BCUT2D eigenvalue weighted by molar-refractivity contribution is -0.120. The Kier molecular flexibility index (Phi) is 2.60. The quantitative estimate of drug-likeness (QED) is 0.725. The average molecular weight is 266 g/mol. The van der Waals surface area contributed by atoms with Gasteiger partial charge in [-0.25, -0.2) is 4.79 Å². The van der Waals surface area contributed by atoms with Gasteiger partial charge in [0.25, 0.3) is 0 Å². The molecule has 2 aliphatic heterocycles. The number of carbonyl (C=O) groups is 2. The summed E-state index contributed by atoms with van der Waals surface area (Å²) in [6.07, 6.45) is 3.30. The van der Waals surface area contributed by atoms with Gasteiger partial charge in [0.15, 0.2) is 0 Å². The van der Waals surface area contributed by atoms with Crippen LogP contribution in [-0.2, 0) is 9.53 Å². The van der Waals surface area contributed by atoms with Gasteiger partial charge in [-0.1, -0.05) is 0 Å². The van der Waals surface area contributed by atoms with Gasteiger partial charge in [0.05, 0.1) is 11.6 Å². The number of carbonyl (C=O) groups excluding carboxylic acids is 2. The Morgan fingerprint density at radius 1 is 1.42 bits per heavy atom. The fraction of sp³-hybridized carbons (Fsp3) is 0.857. The highest BCUT2D eigenvalue weighted by molar-refractivity contribution is 5.81. The lowest BCUT2D eigenvalue weighted by Gasteiger charge is -2.33. The second-order valence-corrected chi connectivity index (χ2v) is 7.01. The molecule has 3 fully saturated rings. The van der Waals surface area contributed by atoms with Gasteiger partial charge in [0.1, 0.15) is 5.60 Å². The topological polar surface area (TPSA) is 58.6 Å². The van der Waals surface area contributed by atoms with Crippen molar-refractivity contribution in [1.82, 2.24) is 10.2 Å². The standard InChI is InChI=1S/C14H22N2O3/c1-13(2,3)19-12(18)16-8-9-4-5-10(16)14(9)7-6-11(17)15-14/h9-10H,4-8H2,1-3H3,(H,15,17)/t9-,10-,14+/m1/s1. The molecule has 1 N–H and O–H groups in total. The molecule has 0 aromatic carbocycles. The van der Waals surface area contributed by atoms with Crippen LogP contribution in [0.15, 0.2) is 0 Å². The Hall–Kier alpha value is -1.26. The monoisotopic (exact) mass is 266 g/mol. The Morgan fingerprint density at radius 3 is 2.74 bits per heavy atom. The minimum Gasteiger partial charge on any atom is -0.444 e. The van der Waals surface area contributed by atoms with E-state index in [4.69, 9.17) is 4.74 Å². The number of nitrogens with zero attached hydrogens (tertiary/aromatic N) is 1. The molecular formula is C14H22N2O3. The predicted octanol–water partition coefficient (Wildman–Crippen LogP) is 1.66. The number of ether oxygens (including phenoxy) is 1. The molecule has 106 valence electrons. The second kappa shape index (κ2) is 3.87. The van der Waals surface area contributed by atoms with Crippen molar-refractivity contribution in [3.05, 3.63) is 0 Å². The zero-order chi connectivity index (χ0) is 13.8. The van der Waals surface area contributed by atoms with Gasteiger partial charge >= 0.3 is 6.09 Å². The molecule has 3 aliphatic rings. The van der Waals surface area contributed by atoms with Crippen LogP contribution in [0.3, 0.4) is 0 Å². The van der Waals surface area contributed by atoms with Gasteiger partial charge in [-0.2, -0.15) is 0 Å². The highest BCUT2D eigenvalue weighted by Crippen LogP contribution is 2.50. The lowest BCUT2D eigenvalue weighted by Crippen LogP contribution is -2.52. The maximum atomic E-state index is 12.3. The molecule has 1 saturated carbocycles. The van der Waals surface area contributed by atoms with E-state index in [9.17, 15) is 9.59 Å². The Morgan fingerprint density at radius 2 is 2.16 bits per heavy atom. The van der Waals surface area contributed by atoms with Crippen molar-refractivity contribution in [1.29, 1.82) is 0 Å². The zero-order valence-corrected chi connectivity index (χ0v) is 11.9. The molecule has 0 aromatic rings. The molecule has 1 aliphatic carbocycles. The highest BCUT2D eigenvalue weighted by atomic mass is 16.6.